The minimum atomic E-state index is -4.52. The van der Waals surface area contributed by atoms with Crippen molar-refractivity contribution in [3.8, 4) is 0 Å². The molecule has 0 aliphatic carbocycles. The summed E-state index contributed by atoms with van der Waals surface area (Å²) in [5, 5.41) is 4.27. The van der Waals surface area contributed by atoms with E-state index in [0.717, 1.165) is 28.6 Å². The van der Waals surface area contributed by atoms with Crippen LogP contribution >= 0.6 is 0 Å². The summed E-state index contributed by atoms with van der Waals surface area (Å²) < 4.78 is 39.1. The van der Waals surface area contributed by atoms with Crippen LogP contribution in [0.25, 0.3) is 21.9 Å². The van der Waals surface area contributed by atoms with E-state index < -0.39 is 17.6 Å². The first-order valence-corrected chi connectivity index (χ1v) is 11.1. The van der Waals surface area contributed by atoms with Crippen LogP contribution in [0.2, 0.25) is 0 Å². The first kappa shape index (κ1) is 24.0. The van der Waals surface area contributed by atoms with Crippen LogP contribution in [-0.2, 0) is 12.7 Å². The van der Waals surface area contributed by atoms with E-state index in [9.17, 15) is 18.0 Å². The summed E-state index contributed by atoms with van der Waals surface area (Å²) in [4.78, 5) is 33.8. The molecule has 0 atom stereocenters. The number of amides is 1. The number of hydrogen-bond donors (Lipinski definition) is 2. The lowest BCUT2D eigenvalue weighted by Crippen LogP contribution is -2.45. The number of nitrogens with two attached hydrogens (primary N) is 1. The Hall–Kier alpha value is -4.74. The van der Waals surface area contributed by atoms with Crippen molar-refractivity contribution in [1.82, 2.24) is 29.9 Å². The van der Waals surface area contributed by atoms with Gasteiger partial charge in [0.15, 0.2) is 0 Å². The average molecular weight is 506 g/mol. The molecule has 1 amide bonds. The second-order valence-electron chi connectivity index (χ2n) is 8.47. The van der Waals surface area contributed by atoms with Crippen LogP contribution in [0.1, 0.15) is 27.2 Å². The van der Waals surface area contributed by atoms with Gasteiger partial charge in [-0.3, -0.25) is 14.8 Å². The number of nitrogens with zero attached hydrogens (tertiary/aromatic N) is 6. The van der Waals surface area contributed by atoms with E-state index in [1.807, 2.05) is 19.1 Å². The maximum atomic E-state index is 13.8. The molecule has 37 heavy (non-hydrogen) atoms. The van der Waals surface area contributed by atoms with Gasteiger partial charge in [0.05, 0.1) is 23.3 Å². The molecule has 0 radical (unpaired) electrons. The molecule has 0 bridgehead atoms. The van der Waals surface area contributed by atoms with Gasteiger partial charge in [0.25, 0.3) is 5.91 Å². The molecule has 0 saturated heterocycles. The summed E-state index contributed by atoms with van der Waals surface area (Å²) in [5.41, 5.74) is 7.58. The van der Waals surface area contributed by atoms with E-state index in [-0.39, 0.29) is 18.2 Å². The van der Waals surface area contributed by atoms with Crippen molar-refractivity contribution in [2.45, 2.75) is 19.6 Å². The second-order valence-corrected chi connectivity index (χ2v) is 8.47. The third-order valence-electron chi connectivity index (χ3n) is 5.93. The van der Waals surface area contributed by atoms with Gasteiger partial charge >= 0.3 is 6.18 Å². The van der Waals surface area contributed by atoms with E-state index in [0.29, 0.717) is 22.5 Å². The Morgan fingerprint density at radius 1 is 1.03 bits per heavy atom. The average Bonchev–Trinajstić information content (AvgIpc) is 3.35. The highest BCUT2D eigenvalue weighted by atomic mass is 19.4. The Bertz CT molecular complexity index is 1610. The Morgan fingerprint density at radius 3 is 2.57 bits per heavy atom. The van der Waals surface area contributed by atoms with Gasteiger partial charge in [-0.15, -0.1) is 0 Å². The number of rotatable bonds is 5. The van der Waals surface area contributed by atoms with Crippen LogP contribution in [-0.4, -0.2) is 42.9 Å². The molecule has 0 saturated carbocycles. The second kappa shape index (κ2) is 9.04. The zero-order valence-electron chi connectivity index (χ0n) is 19.8. The van der Waals surface area contributed by atoms with Crippen LogP contribution < -0.4 is 10.7 Å². The number of alkyl halides is 3. The number of carbonyl (C=O) groups is 1. The highest BCUT2D eigenvalue weighted by Gasteiger charge is 2.31. The number of halogens is 3. The molecule has 4 heterocycles. The third kappa shape index (κ3) is 4.73. The minimum absolute atomic E-state index is 0.128. The number of nitrogen functional groups attached to an aromatic ring is 1. The zero-order chi connectivity index (χ0) is 26.3. The largest absolute Gasteiger partial charge is 0.417 e. The van der Waals surface area contributed by atoms with Gasteiger partial charge in [-0.25, -0.2) is 15.0 Å². The summed E-state index contributed by atoms with van der Waals surface area (Å²) in [6, 6.07) is 10.8. The Balaban J connectivity index is 1.53. The van der Waals surface area contributed by atoms with Crippen LogP contribution in [0.5, 0.6) is 0 Å². The third-order valence-corrected chi connectivity index (χ3v) is 5.93. The number of benzene rings is 1. The summed E-state index contributed by atoms with van der Waals surface area (Å²) in [6.45, 7) is 1.69. The number of aromatic nitrogens is 5. The number of hydrazine groups is 1. The van der Waals surface area contributed by atoms with Gasteiger partial charge in [-0.2, -0.15) is 18.2 Å². The molecule has 1 aromatic carbocycles. The van der Waals surface area contributed by atoms with Crippen LogP contribution in [0, 0.1) is 6.92 Å². The molecule has 12 heteroatoms. The number of fused-ring (bicyclic) bond motifs is 2. The summed E-state index contributed by atoms with van der Waals surface area (Å²) >= 11 is 0. The van der Waals surface area contributed by atoms with E-state index in [1.165, 1.54) is 16.1 Å². The maximum absolute atomic E-state index is 13.8. The summed E-state index contributed by atoms with van der Waals surface area (Å²) in [7, 11) is 1.60. The number of aromatic amines is 1. The van der Waals surface area contributed by atoms with Crippen molar-refractivity contribution < 1.29 is 18.0 Å². The fraction of sp³-hybridized carbons (Fsp3) is 0.160. The highest BCUT2D eigenvalue weighted by molar-refractivity contribution is 5.99. The molecule has 0 spiro atoms. The SMILES string of the molecule is Cc1cc2cc(C(=O)N(Cc3ccc(C(F)(F)F)cn3)N(C)c3ncc4cc[nH]c4n3)ccc2nc1N. The number of nitrogens with one attached hydrogen (secondary N) is 1. The smallest absolute Gasteiger partial charge is 0.383 e. The molecule has 0 fully saturated rings. The molecule has 0 unspecified atom stereocenters. The van der Waals surface area contributed by atoms with Crippen LogP contribution in [0.3, 0.4) is 0 Å². The number of carbonyl (C=O) groups excluding carboxylic acids is 1. The van der Waals surface area contributed by atoms with Crippen molar-refractivity contribution in [2.75, 3.05) is 17.8 Å². The Morgan fingerprint density at radius 2 is 1.84 bits per heavy atom. The Labute approximate surface area is 208 Å². The number of anilines is 2. The minimum Gasteiger partial charge on any atom is -0.383 e. The number of aryl methyl sites for hydroxylation is 1. The Kier molecular flexibility index (Phi) is 5.86. The van der Waals surface area contributed by atoms with Crippen LogP contribution in [0.15, 0.2) is 61.1 Å². The van der Waals surface area contributed by atoms with E-state index >= 15 is 0 Å². The molecule has 3 N–H and O–H groups in total. The molecule has 0 aliphatic rings. The standard InChI is InChI=1S/C25H21F3N8O/c1-14-9-17-10-15(3-6-20(17)33-21(14)29)23(37)36(13-19-5-4-18(12-31-19)25(26,27)28)35(2)24-32-11-16-7-8-30-22(16)34-24/h3-12H,13H2,1-2H3,(H2,29,33)(H,30,32,34). The predicted octanol–water partition coefficient (Wildman–Crippen LogP) is 4.50. The normalized spacial score (nSPS) is 11.7. The van der Waals surface area contributed by atoms with Gasteiger partial charge < -0.3 is 10.7 Å². The topological polar surface area (TPSA) is 117 Å². The van der Waals surface area contributed by atoms with Gasteiger partial charge in [0, 0.05) is 42.0 Å². The van der Waals surface area contributed by atoms with Crippen LogP contribution in [0.4, 0.5) is 24.9 Å². The number of pyridine rings is 2. The molecule has 9 nitrogen and oxygen atoms in total. The highest BCUT2D eigenvalue weighted by Crippen LogP contribution is 2.29. The summed E-state index contributed by atoms with van der Waals surface area (Å²) in [5.74, 6) is 0.176. The summed E-state index contributed by atoms with van der Waals surface area (Å²) in [6.07, 6.45) is -0.444. The zero-order valence-corrected chi connectivity index (χ0v) is 19.8. The first-order chi connectivity index (χ1) is 17.6. The lowest BCUT2D eigenvalue weighted by atomic mass is 10.1. The molecule has 0 aliphatic heterocycles. The fourth-order valence-electron chi connectivity index (χ4n) is 3.83. The maximum Gasteiger partial charge on any atom is 0.417 e. The van der Waals surface area contributed by atoms with Crippen molar-refractivity contribution >= 4 is 39.6 Å². The lowest BCUT2D eigenvalue weighted by molar-refractivity contribution is -0.137. The molecule has 4 aromatic heterocycles. The molecule has 5 aromatic rings. The molecular formula is C25H21F3N8O. The monoisotopic (exact) mass is 506 g/mol. The number of hydrogen-bond acceptors (Lipinski definition) is 7. The predicted molar refractivity (Wildman–Crippen MR) is 132 cm³/mol. The molecule has 5 rings (SSSR count). The van der Waals surface area contributed by atoms with Gasteiger partial charge in [0.2, 0.25) is 5.95 Å². The van der Waals surface area contributed by atoms with E-state index in [4.69, 9.17) is 5.73 Å². The van der Waals surface area contributed by atoms with Gasteiger partial charge in [-0.05, 0) is 55.0 Å². The van der Waals surface area contributed by atoms with Crippen molar-refractivity contribution in [3.63, 3.8) is 0 Å². The van der Waals surface area contributed by atoms with Gasteiger partial charge in [-0.1, -0.05) is 0 Å². The molecular weight excluding hydrogens is 485 g/mol. The lowest BCUT2D eigenvalue weighted by Gasteiger charge is -2.31. The van der Waals surface area contributed by atoms with E-state index in [2.05, 4.69) is 24.9 Å². The molecule has 188 valence electrons. The van der Waals surface area contributed by atoms with Crippen molar-refractivity contribution in [3.05, 3.63) is 83.4 Å². The first-order valence-electron chi connectivity index (χ1n) is 11.1. The van der Waals surface area contributed by atoms with Gasteiger partial charge in [0.1, 0.15) is 11.5 Å². The quantitative estimate of drug-likeness (QED) is 0.337. The van der Waals surface area contributed by atoms with Crippen molar-refractivity contribution in [2.24, 2.45) is 0 Å². The van der Waals surface area contributed by atoms with Crippen molar-refractivity contribution in [1.29, 1.82) is 0 Å². The fourth-order valence-corrected chi connectivity index (χ4v) is 3.83. The number of H-pyrrole nitrogens is 1. The van der Waals surface area contributed by atoms with E-state index in [1.54, 1.807) is 37.6 Å².